The molecule has 3 nitrogen and oxygen atoms in total. The molecule has 26 heavy (non-hydrogen) atoms. The van der Waals surface area contributed by atoms with E-state index in [0.717, 1.165) is 24.3 Å². The minimum atomic E-state index is -4.55. The Morgan fingerprint density at radius 1 is 0.923 bits per heavy atom. The zero-order valence-corrected chi connectivity index (χ0v) is 14.4. The second-order valence-corrected chi connectivity index (χ2v) is 6.34. The summed E-state index contributed by atoms with van der Waals surface area (Å²) in [6, 6.07) is 9.66. The van der Waals surface area contributed by atoms with E-state index in [0.29, 0.717) is 5.02 Å². The fourth-order valence-corrected chi connectivity index (χ4v) is 2.89. The van der Waals surface area contributed by atoms with Gasteiger partial charge in [0.25, 0.3) is 0 Å². The van der Waals surface area contributed by atoms with Crippen molar-refractivity contribution in [1.82, 2.24) is 4.98 Å². The van der Waals surface area contributed by atoms with Crippen molar-refractivity contribution in [2.75, 3.05) is 0 Å². The number of phenols is 1. The number of aromatic hydroxyl groups is 1. The van der Waals surface area contributed by atoms with Crippen molar-refractivity contribution in [2.45, 2.75) is 6.18 Å². The molecule has 0 aliphatic heterocycles. The summed E-state index contributed by atoms with van der Waals surface area (Å²) in [6.07, 6.45) is -4.55. The quantitative estimate of drug-likeness (QED) is 0.577. The van der Waals surface area contributed by atoms with Crippen LogP contribution >= 0.6 is 23.2 Å². The highest BCUT2D eigenvalue weighted by Crippen LogP contribution is 2.37. The van der Waals surface area contributed by atoms with Crippen molar-refractivity contribution in [1.29, 1.82) is 0 Å². The van der Waals surface area contributed by atoms with E-state index in [9.17, 15) is 23.1 Å². The Balaban J connectivity index is 2.21. The molecule has 0 amide bonds. The van der Waals surface area contributed by atoms with Gasteiger partial charge in [-0.15, -0.1) is 0 Å². The summed E-state index contributed by atoms with van der Waals surface area (Å²) in [5, 5.41) is 10.4. The molecule has 2 N–H and O–H groups in total. The van der Waals surface area contributed by atoms with Crippen LogP contribution in [0.15, 0.2) is 53.3 Å². The van der Waals surface area contributed by atoms with E-state index >= 15 is 0 Å². The van der Waals surface area contributed by atoms with Gasteiger partial charge >= 0.3 is 6.18 Å². The van der Waals surface area contributed by atoms with Crippen LogP contribution in [0.1, 0.15) is 5.56 Å². The zero-order valence-electron chi connectivity index (χ0n) is 12.9. The van der Waals surface area contributed by atoms with Crippen LogP contribution in [-0.4, -0.2) is 10.1 Å². The van der Waals surface area contributed by atoms with Crippen molar-refractivity contribution in [3.05, 3.63) is 74.5 Å². The number of aromatic amines is 1. The third-order valence-corrected chi connectivity index (χ3v) is 4.26. The Bertz CT molecular complexity index is 1050. The molecule has 3 rings (SSSR count). The lowest BCUT2D eigenvalue weighted by molar-refractivity contribution is -0.137. The molecule has 1 aromatic heterocycles. The van der Waals surface area contributed by atoms with E-state index in [1.807, 2.05) is 0 Å². The van der Waals surface area contributed by atoms with Crippen LogP contribution in [0, 0.1) is 0 Å². The second-order valence-electron chi connectivity index (χ2n) is 5.50. The molecule has 8 heteroatoms. The number of pyridine rings is 1. The van der Waals surface area contributed by atoms with Gasteiger partial charge in [0.2, 0.25) is 5.56 Å². The standard InChI is InChI=1S/C18H10Cl2F3NO2/c19-11-2-4-16(25)13(8-11)15-5-9(6-17(26)24-15)12-7-10(18(21,22)23)1-3-14(12)20/h1-8,25H,(H,24,26). The maximum Gasteiger partial charge on any atom is 0.416 e. The SMILES string of the molecule is O=c1cc(-c2cc(C(F)(F)F)ccc2Cl)cc(-c2cc(Cl)ccc2O)[nH]1. The second kappa shape index (κ2) is 6.70. The van der Waals surface area contributed by atoms with Gasteiger partial charge in [-0.3, -0.25) is 4.79 Å². The van der Waals surface area contributed by atoms with Gasteiger partial charge in [-0.2, -0.15) is 13.2 Å². The Morgan fingerprint density at radius 2 is 1.65 bits per heavy atom. The Labute approximate surface area is 155 Å². The van der Waals surface area contributed by atoms with E-state index in [1.165, 1.54) is 24.3 Å². The smallest absolute Gasteiger partial charge is 0.416 e. The van der Waals surface area contributed by atoms with Gasteiger partial charge in [0.05, 0.1) is 11.3 Å². The first-order valence-electron chi connectivity index (χ1n) is 7.25. The lowest BCUT2D eigenvalue weighted by Crippen LogP contribution is -2.07. The number of H-pyrrole nitrogens is 1. The molecule has 0 aliphatic carbocycles. The molecule has 0 spiro atoms. The maximum atomic E-state index is 13.0. The zero-order chi connectivity index (χ0) is 19.1. The molecule has 0 aliphatic rings. The largest absolute Gasteiger partial charge is 0.507 e. The first kappa shape index (κ1) is 18.4. The molecular weight excluding hydrogens is 390 g/mol. The molecule has 0 atom stereocenters. The van der Waals surface area contributed by atoms with Crippen LogP contribution in [0.3, 0.4) is 0 Å². The number of hydrogen-bond acceptors (Lipinski definition) is 2. The van der Waals surface area contributed by atoms with Gasteiger partial charge < -0.3 is 10.1 Å². The molecule has 0 fully saturated rings. The van der Waals surface area contributed by atoms with E-state index in [1.54, 1.807) is 0 Å². The van der Waals surface area contributed by atoms with Gasteiger partial charge in [0.1, 0.15) is 5.75 Å². The lowest BCUT2D eigenvalue weighted by atomic mass is 10.0. The molecule has 0 bridgehead atoms. The predicted molar refractivity (Wildman–Crippen MR) is 94.6 cm³/mol. The fraction of sp³-hybridized carbons (Fsp3) is 0.0556. The normalized spacial score (nSPS) is 11.6. The average Bonchev–Trinajstić information content (AvgIpc) is 2.55. The molecule has 3 aromatic rings. The van der Waals surface area contributed by atoms with Gasteiger partial charge in [0.15, 0.2) is 0 Å². The predicted octanol–water partition coefficient (Wildman–Crippen LogP) is 5.74. The van der Waals surface area contributed by atoms with E-state index < -0.39 is 17.3 Å². The summed E-state index contributed by atoms with van der Waals surface area (Å²) in [4.78, 5) is 14.5. The number of alkyl halides is 3. The van der Waals surface area contributed by atoms with E-state index in [-0.39, 0.29) is 33.2 Å². The number of phenolic OH excluding ortho intramolecular Hbond substituents is 1. The fourth-order valence-electron chi connectivity index (χ4n) is 2.49. The molecule has 2 aromatic carbocycles. The number of hydrogen-bond donors (Lipinski definition) is 2. The minimum absolute atomic E-state index is 0.0513. The third kappa shape index (κ3) is 3.71. The monoisotopic (exact) mass is 399 g/mol. The number of halogens is 5. The van der Waals surface area contributed by atoms with E-state index in [2.05, 4.69) is 4.98 Å². The van der Waals surface area contributed by atoms with Crippen LogP contribution in [0.4, 0.5) is 13.2 Å². The summed E-state index contributed by atoms with van der Waals surface area (Å²) in [5.41, 5.74) is -0.787. The number of aromatic nitrogens is 1. The highest BCUT2D eigenvalue weighted by atomic mass is 35.5. The van der Waals surface area contributed by atoms with E-state index in [4.69, 9.17) is 23.2 Å². The van der Waals surface area contributed by atoms with Gasteiger partial charge in [0, 0.05) is 27.2 Å². The van der Waals surface area contributed by atoms with Crippen molar-refractivity contribution < 1.29 is 18.3 Å². The highest BCUT2D eigenvalue weighted by Gasteiger charge is 2.31. The van der Waals surface area contributed by atoms with Crippen molar-refractivity contribution >= 4 is 23.2 Å². The third-order valence-electron chi connectivity index (χ3n) is 3.70. The van der Waals surface area contributed by atoms with Crippen LogP contribution in [0.2, 0.25) is 10.0 Å². The lowest BCUT2D eigenvalue weighted by Gasteiger charge is -2.12. The van der Waals surface area contributed by atoms with Crippen molar-refractivity contribution in [2.24, 2.45) is 0 Å². The summed E-state index contributed by atoms with van der Waals surface area (Å²) >= 11 is 11.9. The molecule has 0 unspecified atom stereocenters. The van der Waals surface area contributed by atoms with Gasteiger partial charge in [-0.25, -0.2) is 0 Å². The molecule has 0 saturated heterocycles. The van der Waals surface area contributed by atoms with Crippen molar-refractivity contribution in [3.8, 4) is 28.1 Å². The van der Waals surface area contributed by atoms with Crippen LogP contribution in [-0.2, 0) is 6.18 Å². The Morgan fingerprint density at radius 3 is 2.35 bits per heavy atom. The van der Waals surface area contributed by atoms with Crippen LogP contribution in [0.5, 0.6) is 5.75 Å². The Kier molecular flexibility index (Phi) is 4.73. The van der Waals surface area contributed by atoms with Crippen LogP contribution < -0.4 is 5.56 Å². The van der Waals surface area contributed by atoms with Gasteiger partial charge in [-0.05, 0) is 48.0 Å². The summed E-state index contributed by atoms with van der Waals surface area (Å²) in [7, 11) is 0. The number of nitrogens with one attached hydrogen (secondary N) is 1. The molecular formula is C18H10Cl2F3NO2. The molecule has 1 heterocycles. The number of rotatable bonds is 2. The Hall–Kier alpha value is -2.44. The highest BCUT2D eigenvalue weighted by molar-refractivity contribution is 6.33. The summed E-state index contributed by atoms with van der Waals surface area (Å²) in [5.74, 6) is -0.141. The molecule has 0 radical (unpaired) electrons. The van der Waals surface area contributed by atoms with Crippen molar-refractivity contribution in [3.63, 3.8) is 0 Å². The average molecular weight is 400 g/mol. The van der Waals surface area contributed by atoms with Crippen LogP contribution in [0.25, 0.3) is 22.4 Å². The maximum absolute atomic E-state index is 13.0. The summed E-state index contributed by atoms with van der Waals surface area (Å²) in [6.45, 7) is 0. The minimum Gasteiger partial charge on any atom is -0.507 e. The number of benzene rings is 2. The first-order chi connectivity index (χ1) is 12.1. The molecule has 134 valence electrons. The molecule has 0 saturated carbocycles. The first-order valence-corrected chi connectivity index (χ1v) is 8.01. The topological polar surface area (TPSA) is 53.1 Å². The van der Waals surface area contributed by atoms with Gasteiger partial charge in [-0.1, -0.05) is 23.2 Å². The summed E-state index contributed by atoms with van der Waals surface area (Å²) < 4.78 is 38.9.